The molecule has 0 saturated heterocycles. The van der Waals surface area contributed by atoms with Crippen molar-refractivity contribution in [1.29, 1.82) is 0 Å². The van der Waals surface area contributed by atoms with Crippen molar-refractivity contribution in [3.8, 4) is 11.5 Å². The van der Waals surface area contributed by atoms with Crippen LogP contribution in [0.4, 0.5) is 5.82 Å². The first-order valence-corrected chi connectivity index (χ1v) is 7.23. The van der Waals surface area contributed by atoms with E-state index in [1.165, 1.54) is 11.1 Å². The third-order valence-corrected chi connectivity index (χ3v) is 4.32. The van der Waals surface area contributed by atoms with E-state index in [1.807, 2.05) is 23.7 Å². The molecular formula is C17H17N3O2. The van der Waals surface area contributed by atoms with Crippen LogP contribution in [0.15, 0.2) is 36.7 Å². The fourth-order valence-electron chi connectivity index (χ4n) is 3.23. The number of methoxy groups -OCH3 is 1. The topological polar surface area (TPSA) is 59.3 Å². The molecule has 0 radical (unpaired) electrons. The molecule has 3 aromatic rings. The SMILES string of the molecule is COc1cc2c(C3Cc4cccnc4N3)cn(C)c2cc1O. The Bertz CT molecular complexity index is 845. The predicted molar refractivity (Wildman–Crippen MR) is 85.4 cm³/mol. The number of phenols is 1. The Morgan fingerprint density at radius 3 is 3.05 bits per heavy atom. The molecule has 1 atom stereocenters. The molecule has 1 aliphatic heterocycles. The highest BCUT2D eigenvalue weighted by atomic mass is 16.5. The van der Waals surface area contributed by atoms with Crippen LogP contribution in [-0.2, 0) is 13.5 Å². The summed E-state index contributed by atoms with van der Waals surface area (Å²) < 4.78 is 7.28. The van der Waals surface area contributed by atoms with Crippen LogP contribution in [-0.4, -0.2) is 21.8 Å². The zero-order valence-electron chi connectivity index (χ0n) is 12.5. The number of phenolic OH excluding ortho intramolecular Hbond substituents is 1. The summed E-state index contributed by atoms with van der Waals surface area (Å²) in [4.78, 5) is 4.39. The molecule has 4 rings (SSSR count). The van der Waals surface area contributed by atoms with Gasteiger partial charge in [-0.2, -0.15) is 0 Å². The zero-order chi connectivity index (χ0) is 15.3. The van der Waals surface area contributed by atoms with Crippen LogP contribution in [0.25, 0.3) is 10.9 Å². The number of nitrogens with one attached hydrogen (secondary N) is 1. The number of aromatic hydroxyl groups is 1. The van der Waals surface area contributed by atoms with Gasteiger partial charge in [-0.05, 0) is 17.7 Å². The minimum Gasteiger partial charge on any atom is -0.504 e. The lowest BCUT2D eigenvalue weighted by atomic mass is 10.0. The third-order valence-electron chi connectivity index (χ3n) is 4.32. The van der Waals surface area contributed by atoms with E-state index < -0.39 is 0 Å². The molecule has 1 aliphatic rings. The van der Waals surface area contributed by atoms with Crippen molar-refractivity contribution in [1.82, 2.24) is 9.55 Å². The first-order valence-electron chi connectivity index (χ1n) is 7.23. The maximum Gasteiger partial charge on any atom is 0.161 e. The minimum atomic E-state index is 0.159. The lowest BCUT2D eigenvalue weighted by Crippen LogP contribution is -2.05. The van der Waals surface area contributed by atoms with Gasteiger partial charge in [0.25, 0.3) is 0 Å². The van der Waals surface area contributed by atoms with Gasteiger partial charge < -0.3 is 19.7 Å². The number of aryl methyl sites for hydroxylation is 1. The summed E-state index contributed by atoms with van der Waals surface area (Å²) in [6.07, 6.45) is 4.82. The van der Waals surface area contributed by atoms with Crippen molar-refractivity contribution in [3.05, 3.63) is 47.8 Å². The van der Waals surface area contributed by atoms with E-state index in [-0.39, 0.29) is 11.8 Å². The van der Waals surface area contributed by atoms with Crippen molar-refractivity contribution in [2.24, 2.45) is 7.05 Å². The van der Waals surface area contributed by atoms with E-state index in [0.717, 1.165) is 23.1 Å². The van der Waals surface area contributed by atoms with Gasteiger partial charge in [-0.1, -0.05) is 6.07 Å². The molecule has 0 bridgehead atoms. The third kappa shape index (κ3) is 1.82. The number of fused-ring (bicyclic) bond motifs is 2. The number of hydrogen-bond acceptors (Lipinski definition) is 4. The number of ether oxygens (including phenoxy) is 1. The molecule has 5 nitrogen and oxygen atoms in total. The monoisotopic (exact) mass is 295 g/mol. The van der Waals surface area contributed by atoms with E-state index in [2.05, 4.69) is 22.6 Å². The molecule has 1 aromatic carbocycles. The fraction of sp³-hybridized carbons (Fsp3) is 0.235. The highest BCUT2D eigenvalue weighted by Crippen LogP contribution is 2.39. The lowest BCUT2D eigenvalue weighted by molar-refractivity contribution is 0.374. The van der Waals surface area contributed by atoms with Crippen LogP contribution in [0.3, 0.4) is 0 Å². The molecule has 0 amide bonds. The number of benzene rings is 1. The average Bonchev–Trinajstić information content (AvgIpc) is 3.08. The first-order chi connectivity index (χ1) is 10.7. The Morgan fingerprint density at radius 1 is 1.41 bits per heavy atom. The molecular weight excluding hydrogens is 278 g/mol. The second kappa shape index (κ2) is 4.66. The van der Waals surface area contributed by atoms with Gasteiger partial charge in [0.05, 0.1) is 18.7 Å². The molecule has 2 N–H and O–H groups in total. The Labute approximate surface area is 128 Å². The molecule has 0 saturated carbocycles. The number of pyridine rings is 1. The molecule has 0 fully saturated rings. The number of rotatable bonds is 2. The van der Waals surface area contributed by atoms with Crippen LogP contribution >= 0.6 is 0 Å². The summed E-state index contributed by atoms with van der Waals surface area (Å²) in [5, 5.41) is 14.6. The smallest absolute Gasteiger partial charge is 0.161 e. The van der Waals surface area contributed by atoms with E-state index in [9.17, 15) is 5.11 Å². The minimum absolute atomic E-state index is 0.159. The quantitative estimate of drug-likeness (QED) is 0.763. The molecule has 1 unspecified atom stereocenters. The van der Waals surface area contributed by atoms with Gasteiger partial charge >= 0.3 is 0 Å². The van der Waals surface area contributed by atoms with Gasteiger partial charge in [-0.3, -0.25) is 0 Å². The van der Waals surface area contributed by atoms with Gasteiger partial charge in [0.2, 0.25) is 0 Å². The summed E-state index contributed by atoms with van der Waals surface area (Å²) >= 11 is 0. The average molecular weight is 295 g/mol. The highest BCUT2D eigenvalue weighted by Gasteiger charge is 2.26. The zero-order valence-corrected chi connectivity index (χ0v) is 12.5. The van der Waals surface area contributed by atoms with E-state index in [0.29, 0.717) is 5.75 Å². The number of hydrogen-bond donors (Lipinski definition) is 2. The van der Waals surface area contributed by atoms with Gasteiger partial charge in [-0.15, -0.1) is 0 Å². The summed E-state index contributed by atoms with van der Waals surface area (Å²) in [5.74, 6) is 1.61. The maximum absolute atomic E-state index is 9.99. The van der Waals surface area contributed by atoms with Crippen molar-refractivity contribution in [2.75, 3.05) is 12.4 Å². The number of aromatic nitrogens is 2. The summed E-state index contributed by atoms with van der Waals surface area (Å²) in [6.45, 7) is 0. The number of anilines is 1. The molecule has 0 aliphatic carbocycles. The second-order valence-electron chi connectivity index (χ2n) is 5.65. The number of nitrogens with zero attached hydrogens (tertiary/aromatic N) is 2. The van der Waals surface area contributed by atoms with Crippen LogP contribution in [0.2, 0.25) is 0 Å². The van der Waals surface area contributed by atoms with Crippen LogP contribution in [0, 0.1) is 0 Å². The fourth-order valence-corrected chi connectivity index (χ4v) is 3.23. The van der Waals surface area contributed by atoms with Gasteiger partial charge in [-0.25, -0.2) is 4.98 Å². The second-order valence-corrected chi connectivity index (χ2v) is 5.65. The molecule has 22 heavy (non-hydrogen) atoms. The largest absolute Gasteiger partial charge is 0.504 e. The van der Waals surface area contributed by atoms with Crippen molar-refractivity contribution in [3.63, 3.8) is 0 Å². The van der Waals surface area contributed by atoms with Gasteiger partial charge in [0, 0.05) is 42.9 Å². The Kier molecular flexibility index (Phi) is 2.76. The first kappa shape index (κ1) is 13.0. The Hall–Kier alpha value is -2.69. The molecule has 0 spiro atoms. The lowest BCUT2D eigenvalue weighted by Gasteiger charge is -2.10. The van der Waals surface area contributed by atoms with Crippen LogP contribution < -0.4 is 10.1 Å². The van der Waals surface area contributed by atoms with Gasteiger partial charge in [0.1, 0.15) is 5.82 Å². The Morgan fingerprint density at radius 2 is 2.27 bits per heavy atom. The van der Waals surface area contributed by atoms with Crippen LogP contribution in [0.5, 0.6) is 11.5 Å². The Balaban J connectivity index is 1.83. The van der Waals surface area contributed by atoms with Gasteiger partial charge in [0.15, 0.2) is 11.5 Å². The normalized spacial score (nSPS) is 16.5. The molecule has 3 heterocycles. The molecule has 2 aromatic heterocycles. The predicted octanol–water partition coefficient (Wildman–Crippen LogP) is 3.00. The summed E-state index contributed by atoms with van der Waals surface area (Å²) in [6, 6.07) is 7.90. The summed E-state index contributed by atoms with van der Waals surface area (Å²) in [7, 11) is 3.55. The molecule has 5 heteroatoms. The highest BCUT2D eigenvalue weighted by molar-refractivity contribution is 5.88. The molecule has 112 valence electrons. The van der Waals surface area contributed by atoms with Crippen molar-refractivity contribution < 1.29 is 9.84 Å². The van der Waals surface area contributed by atoms with Crippen molar-refractivity contribution in [2.45, 2.75) is 12.5 Å². The maximum atomic E-state index is 9.99. The summed E-state index contributed by atoms with van der Waals surface area (Å²) in [5.41, 5.74) is 3.41. The van der Waals surface area contributed by atoms with E-state index in [1.54, 1.807) is 19.4 Å². The van der Waals surface area contributed by atoms with Crippen LogP contribution in [0.1, 0.15) is 17.2 Å². The van der Waals surface area contributed by atoms with Crippen molar-refractivity contribution >= 4 is 16.7 Å². The van der Waals surface area contributed by atoms with E-state index in [4.69, 9.17) is 4.74 Å². The van der Waals surface area contributed by atoms with E-state index >= 15 is 0 Å². The standard InChI is InChI=1S/C17H17N3O2/c1-20-9-12(11-7-16(22-2)15(21)8-14(11)20)13-6-10-4-3-5-18-17(10)19-13/h3-5,7-9,13,21H,6H2,1-2H3,(H,18,19).